The minimum atomic E-state index is 0.610. The molecule has 15 heavy (non-hydrogen) atoms. The van der Waals surface area contributed by atoms with Crippen molar-refractivity contribution in [1.29, 1.82) is 0 Å². The first-order chi connectivity index (χ1) is 7.15. The monoisotopic (exact) mass is 262 g/mol. The molecule has 0 bridgehead atoms. The fraction of sp³-hybridized carbons (Fsp3) is 0.333. The summed E-state index contributed by atoms with van der Waals surface area (Å²) < 4.78 is 0. The third-order valence-corrected chi connectivity index (χ3v) is 3.18. The molecule has 0 spiro atoms. The second-order valence-electron chi connectivity index (χ2n) is 3.42. The molecular formula is C12H13Cl3. The lowest BCUT2D eigenvalue weighted by atomic mass is 10.1. The van der Waals surface area contributed by atoms with E-state index in [-0.39, 0.29) is 0 Å². The second-order valence-corrected chi connectivity index (χ2v) is 4.58. The van der Waals surface area contributed by atoms with Crippen LogP contribution >= 0.6 is 34.8 Å². The highest BCUT2D eigenvalue weighted by Gasteiger charge is 2.04. The number of benzene rings is 1. The molecule has 0 aliphatic heterocycles. The highest BCUT2D eigenvalue weighted by Crippen LogP contribution is 2.27. The summed E-state index contributed by atoms with van der Waals surface area (Å²) in [5.41, 5.74) is 2.33. The zero-order valence-electron chi connectivity index (χ0n) is 8.56. The van der Waals surface area contributed by atoms with Crippen molar-refractivity contribution < 1.29 is 0 Å². The largest absolute Gasteiger partial charge is 0.126 e. The summed E-state index contributed by atoms with van der Waals surface area (Å²) in [4.78, 5) is 0. The third kappa shape index (κ3) is 4.06. The van der Waals surface area contributed by atoms with E-state index in [1.807, 2.05) is 12.1 Å². The average molecular weight is 264 g/mol. The van der Waals surface area contributed by atoms with Crippen LogP contribution in [0, 0.1) is 0 Å². The quantitative estimate of drug-likeness (QED) is 0.523. The van der Waals surface area contributed by atoms with Gasteiger partial charge in [0.05, 0.1) is 10.0 Å². The van der Waals surface area contributed by atoms with E-state index in [4.69, 9.17) is 34.8 Å². The molecule has 1 rings (SSSR count). The number of alkyl halides is 1. The van der Waals surface area contributed by atoms with Gasteiger partial charge in [-0.25, -0.2) is 0 Å². The molecule has 0 radical (unpaired) electrons. The van der Waals surface area contributed by atoms with Crippen LogP contribution in [-0.2, 0) is 6.42 Å². The summed E-state index contributed by atoms with van der Waals surface area (Å²) in [6.07, 6.45) is 3.85. The number of hydrogen-bond donors (Lipinski definition) is 0. The van der Waals surface area contributed by atoms with Gasteiger partial charge in [0.25, 0.3) is 0 Å². The van der Waals surface area contributed by atoms with E-state index >= 15 is 0 Å². The molecule has 0 aromatic heterocycles. The summed E-state index contributed by atoms with van der Waals surface area (Å²) in [5.74, 6) is 0.653. The Balaban J connectivity index is 2.76. The Morgan fingerprint density at radius 1 is 1.33 bits per heavy atom. The normalized spacial score (nSPS) is 11.9. The molecule has 0 amide bonds. The van der Waals surface area contributed by atoms with Gasteiger partial charge in [0.2, 0.25) is 0 Å². The summed E-state index contributed by atoms with van der Waals surface area (Å²) in [6, 6.07) is 5.70. The van der Waals surface area contributed by atoms with E-state index in [9.17, 15) is 0 Å². The maximum absolute atomic E-state index is 6.09. The molecule has 0 unspecified atom stereocenters. The lowest BCUT2D eigenvalue weighted by Gasteiger charge is -2.05. The van der Waals surface area contributed by atoms with Gasteiger partial charge in [-0.1, -0.05) is 47.0 Å². The minimum Gasteiger partial charge on any atom is -0.126 e. The third-order valence-electron chi connectivity index (χ3n) is 2.10. The Hall–Kier alpha value is -0.170. The van der Waals surface area contributed by atoms with Crippen molar-refractivity contribution in [3.8, 4) is 0 Å². The van der Waals surface area contributed by atoms with Gasteiger partial charge in [0.15, 0.2) is 0 Å². The fourth-order valence-corrected chi connectivity index (χ4v) is 1.85. The first-order valence-electron chi connectivity index (χ1n) is 4.79. The van der Waals surface area contributed by atoms with Gasteiger partial charge in [0, 0.05) is 5.88 Å². The molecule has 1 aromatic carbocycles. The summed E-state index contributed by atoms with van der Waals surface area (Å²) in [7, 11) is 0. The predicted octanol–water partition coefficient (Wildman–Crippen LogP) is 5.11. The van der Waals surface area contributed by atoms with Crippen molar-refractivity contribution in [1.82, 2.24) is 0 Å². The van der Waals surface area contributed by atoms with Crippen LogP contribution in [0.15, 0.2) is 29.8 Å². The van der Waals surface area contributed by atoms with E-state index in [1.165, 1.54) is 5.57 Å². The van der Waals surface area contributed by atoms with Gasteiger partial charge in [-0.3, -0.25) is 0 Å². The SMILES string of the molecule is C/C(=C/CCCl)Cc1cccc(Cl)c1Cl. The standard InChI is InChI=1S/C12H13Cl3/c1-9(4-3-7-13)8-10-5-2-6-11(14)12(10)15/h2,4-6H,3,7-8H2,1H3/b9-4-. The maximum atomic E-state index is 6.09. The topological polar surface area (TPSA) is 0 Å². The molecule has 0 saturated carbocycles. The molecule has 0 aliphatic rings. The van der Waals surface area contributed by atoms with Crippen LogP contribution in [0.2, 0.25) is 10.0 Å². The maximum Gasteiger partial charge on any atom is 0.0627 e. The number of hydrogen-bond acceptors (Lipinski definition) is 0. The Morgan fingerprint density at radius 3 is 2.73 bits per heavy atom. The summed E-state index contributed by atoms with van der Waals surface area (Å²) in [6.45, 7) is 2.07. The molecule has 0 heterocycles. The van der Waals surface area contributed by atoms with Gasteiger partial charge in [-0.15, -0.1) is 11.6 Å². The van der Waals surface area contributed by atoms with Crippen molar-refractivity contribution in [2.75, 3.05) is 5.88 Å². The summed E-state index contributed by atoms with van der Waals surface area (Å²) >= 11 is 17.6. The van der Waals surface area contributed by atoms with Crippen LogP contribution in [0.25, 0.3) is 0 Å². The van der Waals surface area contributed by atoms with Gasteiger partial charge in [-0.05, 0) is 31.4 Å². The molecule has 3 heteroatoms. The van der Waals surface area contributed by atoms with Gasteiger partial charge < -0.3 is 0 Å². The van der Waals surface area contributed by atoms with Crippen molar-refractivity contribution in [3.05, 3.63) is 45.5 Å². The molecule has 1 aromatic rings. The van der Waals surface area contributed by atoms with E-state index < -0.39 is 0 Å². The van der Waals surface area contributed by atoms with Gasteiger partial charge in [0.1, 0.15) is 0 Å². The van der Waals surface area contributed by atoms with E-state index in [0.717, 1.165) is 18.4 Å². The minimum absolute atomic E-state index is 0.610. The van der Waals surface area contributed by atoms with Crippen LogP contribution in [0.4, 0.5) is 0 Å². The van der Waals surface area contributed by atoms with E-state index in [0.29, 0.717) is 15.9 Å². The van der Waals surface area contributed by atoms with E-state index in [1.54, 1.807) is 6.07 Å². The molecule has 0 N–H and O–H groups in total. The lowest BCUT2D eigenvalue weighted by molar-refractivity contribution is 1.09. The zero-order chi connectivity index (χ0) is 11.3. The van der Waals surface area contributed by atoms with Crippen LogP contribution < -0.4 is 0 Å². The number of allylic oxidation sites excluding steroid dienone is 2. The molecular weight excluding hydrogens is 250 g/mol. The van der Waals surface area contributed by atoms with Crippen molar-refractivity contribution in [2.24, 2.45) is 0 Å². The average Bonchev–Trinajstić information content (AvgIpc) is 2.22. The molecule has 82 valence electrons. The van der Waals surface area contributed by atoms with Crippen molar-refractivity contribution in [3.63, 3.8) is 0 Å². The molecule has 0 saturated heterocycles. The highest BCUT2D eigenvalue weighted by atomic mass is 35.5. The van der Waals surface area contributed by atoms with Crippen molar-refractivity contribution in [2.45, 2.75) is 19.8 Å². The molecule has 0 aliphatic carbocycles. The van der Waals surface area contributed by atoms with Crippen LogP contribution in [0.5, 0.6) is 0 Å². The molecule has 0 fully saturated rings. The fourth-order valence-electron chi connectivity index (χ4n) is 1.36. The summed E-state index contributed by atoms with van der Waals surface area (Å²) in [5, 5.41) is 1.26. The van der Waals surface area contributed by atoms with Gasteiger partial charge in [-0.2, -0.15) is 0 Å². The Bertz CT molecular complexity index is 356. The zero-order valence-corrected chi connectivity index (χ0v) is 10.8. The molecule has 0 atom stereocenters. The van der Waals surface area contributed by atoms with Crippen LogP contribution in [0.3, 0.4) is 0 Å². The Morgan fingerprint density at radius 2 is 2.07 bits per heavy atom. The highest BCUT2D eigenvalue weighted by molar-refractivity contribution is 6.42. The smallest absolute Gasteiger partial charge is 0.0627 e. The van der Waals surface area contributed by atoms with Gasteiger partial charge >= 0.3 is 0 Å². The lowest BCUT2D eigenvalue weighted by Crippen LogP contribution is -1.89. The second kappa shape index (κ2) is 6.42. The first-order valence-corrected chi connectivity index (χ1v) is 6.08. The predicted molar refractivity (Wildman–Crippen MR) is 69.3 cm³/mol. The van der Waals surface area contributed by atoms with Crippen molar-refractivity contribution >= 4 is 34.8 Å². The van der Waals surface area contributed by atoms with Crippen LogP contribution in [0.1, 0.15) is 18.9 Å². The number of halogens is 3. The first kappa shape index (κ1) is 12.9. The van der Waals surface area contributed by atoms with Crippen LogP contribution in [-0.4, -0.2) is 5.88 Å². The number of rotatable bonds is 4. The Labute approximate surface area is 106 Å². The Kier molecular flexibility index (Phi) is 5.52. The molecule has 0 nitrogen and oxygen atoms in total. The van der Waals surface area contributed by atoms with E-state index in [2.05, 4.69) is 13.0 Å².